The number of amides is 2. The van der Waals surface area contributed by atoms with Crippen molar-refractivity contribution in [3.63, 3.8) is 0 Å². The highest BCUT2D eigenvalue weighted by Gasteiger charge is 2.26. The summed E-state index contributed by atoms with van der Waals surface area (Å²) in [6, 6.07) is 18.3. The van der Waals surface area contributed by atoms with Crippen molar-refractivity contribution in [3.8, 4) is 0 Å². The molecule has 2 aromatic carbocycles. The van der Waals surface area contributed by atoms with Gasteiger partial charge in [0.1, 0.15) is 10.8 Å². The van der Waals surface area contributed by atoms with E-state index in [0.29, 0.717) is 49.0 Å². The van der Waals surface area contributed by atoms with Crippen LogP contribution in [0.4, 0.5) is 5.13 Å². The van der Waals surface area contributed by atoms with Gasteiger partial charge in [-0.05, 0) is 37.0 Å². The third kappa shape index (κ3) is 14.0. The second-order valence-corrected chi connectivity index (χ2v) is 11.8. The lowest BCUT2D eigenvalue weighted by Crippen LogP contribution is -2.38. The zero-order valence-corrected chi connectivity index (χ0v) is 28.5. The Hall–Kier alpha value is -4.59. The highest BCUT2D eigenvalue weighted by atomic mass is 32.1. The standard InChI is InChI=1S/C33H41N7O5S.C2H6/c34-26(15-16-27(35)36-28(41)23-24-9-3-1-4-10-24)13-7-8-14-29-38-39-33(46-29)37-32(43)31(25-11-5-2-6-12-25)45-30(42)17-18-40-19-21-44-22-20-40;1-2/h1-6,9-12,15-16,31H,7-8,13-14,17-23,34-35H2,(H,36,41)(H,37,39,43);1-2H3/b26-15-,27-16+;. The predicted molar refractivity (Wildman–Crippen MR) is 187 cm³/mol. The molecule has 1 unspecified atom stereocenters. The maximum absolute atomic E-state index is 13.2. The largest absolute Gasteiger partial charge is 0.447 e. The van der Waals surface area contributed by atoms with Gasteiger partial charge in [-0.25, -0.2) is 0 Å². The molecule has 4 rings (SSSR count). The van der Waals surface area contributed by atoms with Crippen molar-refractivity contribution < 1.29 is 23.9 Å². The number of aryl methyl sites for hydroxylation is 1. The number of unbranched alkanes of at least 4 members (excludes halogenated alkanes) is 1. The molecule has 258 valence electrons. The molecule has 3 aromatic rings. The Morgan fingerprint density at radius 3 is 2.35 bits per heavy atom. The number of esters is 1. The number of carbonyl (C=O) groups excluding carboxylic acids is 3. The van der Waals surface area contributed by atoms with E-state index in [1.165, 1.54) is 11.3 Å². The van der Waals surface area contributed by atoms with Crippen molar-refractivity contribution in [2.24, 2.45) is 11.5 Å². The van der Waals surface area contributed by atoms with Gasteiger partial charge in [0, 0.05) is 37.3 Å². The number of anilines is 1. The third-order valence-electron chi connectivity index (χ3n) is 7.10. The molecule has 0 saturated carbocycles. The van der Waals surface area contributed by atoms with E-state index in [0.717, 1.165) is 36.5 Å². The number of carbonyl (C=O) groups is 3. The lowest BCUT2D eigenvalue weighted by molar-refractivity contribution is -0.155. The van der Waals surface area contributed by atoms with Gasteiger partial charge in [-0.15, -0.1) is 10.2 Å². The van der Waals surface area contributed by atoms with Crippen LogP contribution in [0.1, 0.15) is 61.8 Å². The number of aromatic nitrogens is 2. The quantitative estimate of drug-likeness (QED) is 0.0976. The number of nitrogens with zero attached hydrogens (tertiary/aromatic N) is 3. The zero-order chi connectivity index (χ0) is 34.6. The van der Waals surface area contributed by atoms with E-state index >= 15 is 0 Å². The first-order valence-corrected chi connectivity index (χ1v) is 17.1. The van der Waals surface area contributed by atoms with Crippen molar-refractivity contribution in [1.29, 1.82) is 0 Å². The van der Waals surface area contributed by atoms with Crippen molar-refractivity contribution in [2.75, 3.05) is 38.2 Å². The molecule has 2 heterocycles. The molecule has 1 aromatic heterocycles. The monoisotopic (exact) mass is 677 g/mol. The normalized spacial score (nSPS) is 14.3. The maximum atomic E-state index is 13.2. The van der Waals surface area contributed by atoms with E-state index in [2.05, 4.69) is 25.7 Å². The lowest BCUT2D eigenvalue weighted by Gasteiger charge is -2.26. The van der Waals surface area contributed by atoms with Crippen LogP contribution < -0.4 is 22.1 Å². The molecule has 1 aliphatic heterocycles. The molecule has 1 saturated heterocycles. The molecule has 0 bridgehead atoms. The minimum absolute atomic E-state index is 0.175. The number of morpholine rings is 1. The fraction of sp³-hybridized carbons (Fsp3) is 0.400. The summed E-state index contributed by atoms with van der Waals surface area (Å²) in [6.45, 7) is 7.37. The Morgan fingerprint density at radius 2 is 1.65 bits per heavy atom. The average molecular weight is 678 g/mol. The molecule has 13 heteroatoms. The van der Waals surface area contributed by atoms with Gasteiger partial charge in [0.2, 0.25) is 17.1 Å². The molecule has 0 aliphatic carbocycles. The second-order valence-electron chi connectivity index (χ2n) is 10.8. The van der Waals surface area contributed by atoms with Gasteiger partial charge in [-0.3, -0.25) is 24.6 Å². The van der Waals surface area contributed by atoms with E-state index in [-0.39, 0.29) is 24.6 Å². The van der Waals surface area contributed by atoms with Gasteiger partial charge < -0.3 is 26.3 Å². The maximum Gasteiger partial charge on any atom is 0.308 e. The zero-order valence-electron chi connectivity index (χ0n) is 27.7. The summed E-state index contributed by atoms with van der Waals surface area (Å²) in [5.74, 6) is -0.914. The predicted octanol–water partition coefficient (Wildman–Crippen LogP) is 4.22. The molecule has 2 amide bonds. The molecular weight excluding hydrogens is 630 g/mol. The number of ether oxygens (including phenoxy) is 2. The molecule has 0 radical (unpaired) electrons. The van der Waals surface area contributed by atoms with Crippen LogP contribution in [-0.2, 0) is 36.7 Å². The smallest absolute Gasteiger partial charge is 0.308 e. The topological polar surface area (TPSA) is 175 Å². The summed E-state index contributed by atoms with van der Waals surface area (Å²) >= 11 is 1.28. The van der Waals surface area contributed by atoms with Crippen molar-refractivity contribution >= 4 is 34.3 Å². The fourth-order valence-electron chi connectivity index (χ4n) is 4.66. The number of nitrogens with one attached hydrogen (secondary N) is 2. The van der Waals surface area contributed by atoms with Crippen LogP contribution >= 0.6 is 11.3 Å². The summed E-state index contributed by atoms with van der Waals surface area (Å²) in [7, 11) is 0. The van der Waals surface area contributed by atoms with Gasteiger partial charge in [0.15, 0.2) is 0 Å². The van der Waals surface area contributed by atoms with Crippen LogP contribution in [0, 0.1) is 0 Å². The number of hydrogen-bond acceptors (Lipinski definition) is 11. The highest BCUT2D eigenvalue weighted by Crippen LogP contribution is 2.23. The average Bonchev–Trinajstić information content (AvgIpc) is 3.56. The van der Waals surface area contributed by atoms with Gasteiger partial charge >= 0.3 is 5.97 Å². The summed E-state index contributed by atoms with van der Waals surface area (Å²) in [6.07, 6.45) is 5.48. The molecule has 1 fully saturated rings. The molecule has 48 heavy (non-hydrogen) atoms. The first-order valence-electron chi connectivity index (χ1n) is 16.3. The Labute approximate surface area is 286 Å². The first kappa shape index (κ1) is 37.9. The molecule has 0 spiro atoms. The van der Waals surface area contributed by atoms with E-state index in [1.807, 2.05) is 50.2 Å². The van der Waals surface area contributed by atoms with Gasteiger partial charge in [-0.1, -0.05) is 85.8 Å². The van der Waals surface area contributed by atoms with Crippen LogP contribution in [0.15, 0.2) is 84.3 Å². The SMILES string of the molecule is CC.N/C(=C\C=C(/N)NC(=O)Cc1ccccc1)CCCCc1nnc(NC(=O)C(OC(=O)CCN2CCOCC2)c2ccccc2)s1. The van der Waals surface area contributed by atoms with E-state index in [1.54, 1.807) is 36.4 Å². The minimum Gasteiger partial charge on any atom is -0.447 e. The Bertz CT molecular complexity index is 1470. The van der Waals surface area contributed by atoms with Crippen LogP contribution in [0.3, 0.4) is 0 Å². The van der Waals surface area contributed by atoms with E-state index < -0.39 is 18.0 Å². The van der Waals surface area contributed by atoms with Crippen LogP contribution in [0.5, 0.6) is 0 Å². The summed E-state index contributed by atoms with van der Waals surface area (Å²) in [5, 5.41) is 14.8. The van der Waals surface area contributed by atoms with Crippen LogP contribution in [0.2, 0.25) is 0 Å². The van der Waals surface area contributed by atoms with Crippen molar-refractivity contribution in [1.82, 2.24) is 20.4 Å². The highest BCUT2D eigenvalue weighted by molar-refractivity contribution is 7.15. The van der Waals surface area contributed by atoms with Crippen LogP contribution in [0.25, 0.3) is 0 Å². The molecule has 1 atom stereocenters. The molecule has 12 nitrogen and oxygen atoms in total. The molecular formula is C35H47N7O5S. The van der Waals surface area contributed by atoms with E-state index in [9.17, 15) is 14.4 Å². The van der Waals surface area contributed by atoms with Crippen LogP contribution in [-0.4, -0.2) is 65.7 Å². The van der Waals surface area contributed by atoms with Gasteiger partial charge in [-0.2, -0.15) is 0 Å². The fourth-order valence-corrected chi connectivity index (χ4v) is 5.44. The number of rotatable bonds is 16. The molecule has 1 aliphatic rings. The summed E-state index contributed by atoms with van der Waals surface area (Å²) in [5.41, 5.74) is 14.1. The molecule has 6 N–H and O–H groups in total. The summed E-state index contributed by atoms with van der Waals surface area (Å²) in [4.78, 5) is 40.2. The number of hydrogen-bond donors (Lipinski definition) is 4. The first-order chi connectivity index (χ1) is 23.4. The summed E-state index contributed by atoms with van der Waals surface area (Å²) < 4.78 is 11.0. The minimum atomic E-state index is -1.11. The van der Waals surface area contributed by atoms with Gasteiger partial charge in [0.25, 0.3) is 5.91 Å². The number of allylic oxidation sites excluding steroid dienone is 3. The number of benzene rings is 2. The van der Waals surface area contributed by atoms with Crippen molar-refractivity contribution in [2.45, 2.75) is 58.5 Å². The third-order valence-corrected chi connectivity index (χ3v) is 8.00. The van der Waals surface area contributed by atoms with Gasteiger partial charge in [0.05, 0.1) is 26.1 Å². The Kier molecular flexibility index (Phi) is 16.8. The lowest BCUT2D eigenvalue weighted by atomic mass is 10.1. The number of nitrogens with two attached hydrogens (primary N) is 2. The van der Waals surface area contributed by atoms with Crippen molar-refractivity contribution in [3.05, 3.63) is 100 Å². The Morgan fingerprint density at radius 1 is 0.958 bits per heavy atom. The van der Waals surface area contributed by atoms with E-state index in [4.69, 9.17) is 20.9 Å². The second kappa shape index (κ2) is 21.3. The Balaban J connectivity index is 0.00000307.